The minimum atomic E-state index is -0.261. The molecule has 3 aromatic rings. The molecular formula is C19H21N5O2. The molecule has 7 heteroatoms. The zero-order chi connectivity index (χ0) is 17.9. The van der Waals surface area contributed by atoms with E-state index in [9.17, 15) is 4.79 Å². The van der Waals surface area contributed by atoms with E-state index >= 15 is 0 Å². The summed E-state index contributed by atoms with van der Waals surface area (Å²) in [6.07, 6.45) is 0. The second-order valence-electron chi connectivity index (χ2n) is 6.42. The van der Waals surface area contributed by atoms with Gasteiger partial charge in [0.1, 0.15) is 0 Å². The maximum Gasteiger partial charge on any atom is 0.276 e. The third-order valence-electron chi connectivity index (χ3n) is 4.52. The number of H-pyrrole nitrogens is 1. The number of ether oxygens (including phenoxy) is 1. The van der Waals surface area contributed by atoms with Crippen LogP contribution in [0.3, 0.4) is 0 Å². The van der Waals surface area contributed by atoms with Crippen molar-refractivity contribution in [3.05, 3.63) is 53.7 Å². The van der Waals surface area contributed by atoms with Gasteiger partial charge in [-0.2, -0.15) is 5.10 Å². The zero-order valence-corrected chi connectivity index (χ0v) is 14.4. The van der Waals surface area contributed by atoms with Crippen LogP contribution in [0.15, 0.2) is 42.5 Å². The Kier molecular flexibility index (Phi) is 4.55. The van der Waals surface area contributed by atoms with Gasteiger partial charge in [0.15, 0.2) is 5.69 Å². The lowest BCUT2D eigenvalue weighted by molar-refractivity contribution is 0.0342. The molecule has 0 spiro atoms. The van der Waals surface area contributed by atoms with Gasteiger partial charge in [-0.05, 0) is 35.9 Å². The fourth-order valence-electron chi connectivity index (χ4n) is 3.11. The molecule has 4 N–H and O–H groups in total. The van der Waals surface area contributed by atoms with E-state index in [0.717, 1.165) is 44.1 Å². The number of morpholine rings is 1. The molecule has 1 fully saturated rings. The molecule has 0 atom stereocenters. The van der Waals surface area contributed by atoms with Crippen LogP contribution in [0.5, 0.6) is 0 Å². The number of nitrogen functional groups attached to an aromatic ring is 1. The molecule has 0 unspecified atom stereocenters. The topological polar surface area (TPSA) is 96.3 Å². The molecule has 0 bridgehead atoms. The smallest absolute Gasteiger partial charge is 0.276 e. The summed E-state index contributed by atoms with van der Waals surface area (Å²) < 4.78 is 5.37. The van der Waals surface area contributed by atoms with Gasteiger partial charge in [-0.1, -0.05) is 12.1 Å². The number of anilines is 2. The Morgan fingerprint density at radius 1 is 1.19 bits per heavy atom. The molecule has 26 heavy (non-hydrogen) atoms. The molecular weight excluding hydrogens is 330 g/mol. The monoisotopic (exact) mass is 351 g/mol. The first kappa shape index (κ1) is 16.6. The highest BCUT2D eigenvalue weighted by Gasteiger charge is 2.15. The fraction of sp³-hybridized carbons (Fsp3) is 0.263. The average molecular weight is 351 g/mol. The molecule has 1 aliphatic rings. The lowest BCUT2D eigenvalue weighted by Gasteiger charge is -2.26. The number of aromatic amines is 1. The number of aromatic nitrogens is 2. The van der Waals surface area contributed by atoms with Crippen LogP contribution in [0.25, 0.3) is 10.9 Å². The Balaban J connectivity index is 1.44. The normalized spacial score (nSPS) is 15.2. The standard InChI is InChI=1S/C19H21N5O2/c20-14-3-6-17-16(11-14)18(23-22-17)19(25)21-15-4-1-13(2-5-15)12-24-7-9-26-10-8-24/h1-6,11H,7-10,12,20H2,(H,21,25)(H,22,23). The van der Waals surface area contributed by atoms with E-state index < -0.39 is 0 Å². The van der Waals surface area contributed by atoms with Crippen LogP contribution in [-0.4, -0.2) is 47.3 Å². The number of nitrogens with two attached hydrogens (primary N) is 1. The van der Waals surface area contributed by atoms with Crippen molar-refractivity contribution in [2.75, 3.05) is 37.4 Å². The quantitative estimate of drug-likeness (QED) is 0.627. The first-order valence-corrected chi connectivity index (χ1v) is 8.63. The molecule has 1 aromatic heterocycles. The van der Waals surface area contributed by atoms with Gasteiger partial charge in [-0.15, -0.1) is 0 Å². The minimum absolute atomic E-state index is 0.261. The van der Waals surface area contributed by atoms with Gasteiger partial charge in [-0.3, -0.25) is 14.8 Å². The summed E-state index contributed by atoms with van der Waals surface area (Å²) in [6.45, 7) is 4.37. The summed E-state index contributed by atoms with van der Waals surface area (Å²) in [5.74, 6) is -0.261. The molecule has 2 aromatic carbocycles. The van der Waals surface area contributed by atoms with E-state index in [1.165, 1.54) is 5.56 Å². The number of carbonyl (C=O) groups is 1. The highest BCUT2D eigenvalue weighted by Crippen LogP contribution is 2.20. The molecule has 1 aliphatic heterocycles. The SMILES string of the molecule is Nc1ccc2[nH]nc(C(=O)Nc3ccc(CN4CCOCC4)cc3)c2c1. The van der Waals surface area contributed by atoms with Crippen molar-refractivity contribution in [3.8, 4) is 0 Å². The molecule has 134 valence electrons. The molecule has 0 saturated carbocycles. The van der Waals surface area contributed by atoms with Gasteiger partial charge in [0.05, 0.1) is 18.7 Å². The first-order valence-electron chi connectivity index (χ1n) is 8.63. The number of hydrogen-bond donors (Lipinski definition) is 3. The van der Waals surface area contributed by atoms with Crippen LogP contribution >= 0.6 is 0 Å². The van der Waals surface area contributed by atoms with Gasteiger partial charge in [0.2, 0.25) is 0 Å². The van der Waals surface area contributed by atoms with Gasteiger partial charge in [-0.25, -0.2) is 0 Å². The number of hydrogen-bond acceptors (Lipinski definition) is 5. The van der Waals surface area contributed by atoms with Gasteiger partial charge < -0.3 is 15.8 Å². The first-order chi connectivity index (χ1) is 12.7. The summed E-state index contributed by atoms with van der Waals surface area (Å²) in [5, 5.41) is 10.6. The lowest BCUT2D eigenvalue weighted by Crippen LogP contribution is -2.35. The lowest BCUT2D eigenvalue weighted by atomic mass is 10.1. The summed E-state index contributed by atoms with van der Waals surface area (Å²) in [6, 6.07) is 13.2. The Morgan fingerprint density at radius 3 is 2.73 bits per heavy atom. The second-order valence-corrected chi connectivity index (χ2v) is 6.42. The van der Waals surface area contributed by atoms with Crippen LogP contribution in [-0.2, 0) is 11.3 Å². The number of nitrogens with one attached hydrogen (secondary N) is 2. The van der Waals surface area contributed by atoms with Crippen molar-refractivity contribution in [3.63, 3.8) is 0 Å². The highest BCUT2D eigenvalue weighted by molar-refractivity contribution is 6.11. The molecule has 2 heterocycles. The number of carbonyl (C=O) groups excluding carboxylic acids is 1. The predicted octanol–water partition coefficient (Wildman–Crippen LogP) is 2.23. The molecule has 7 nitrogen and oxygen atoms in total. The summed E-state index contributed by atoms with van der Waals surface area (Å²) in [4.78, 5) is 14.9. The summed E-state index contributed by atoms with van der Waals surface area (Å²) in [5.41, 5.74) is 9.48. The maximum atomic E-state index is 12.5. The van der Waals surface area contributed by atoms with Crippen molar-refractivity contribution in [2.45, 2.75) is 6.54 Å². The van der Waals surface area contributed by atoms with E-state index in [2.05, 4.69) is 20.4 Å². The number of benzene rings is 2. The highest BCUT2D eigenvalue weighted by atomic mass is 16.5. The van der Waals surface area contributed by atoms with Crippen LogP contribution in [0.1, 0.15) is 16.1 Å². The van der Waals surface area contributed by atoms with E-state index in [1.54, 1.807) is 12.1 Å². The Morgan fingerprint density at radius 2 is 1.96 bits per heavy atom. The molecule has 0 aliphatic carbocycles. The molecule has 0 radical (unpaired) electrons. The van der Waals surface area contributed by atoms with Gasteiger partial charge in [0, 0.05) is 36.4 Å². The Labute approximate surface area is 151 Å². The Bertz CT molecular complexity index is 913. The third-order valence-corrected chi connectivity index (χ3v) is 4.52. The maximum absolute atomic E-state index is 12.5. The van der Waals surface area contributed by atoms with E-state index in [1.807, 2.05) is 30.3 Å². The van der Waals surface area contributed by atoms with Crippen LogP contribution in [0.4, 0.5) is 11.4 Å². The zero-order valence-electron chi connectivity index (χ0n) is 14.4. The van der Waals surface area contributed by atoms with Crippen molar-refractivity contribution in [2.24, 2.45) is 0 Å². The fourth-order valence-corrected chi connectivity index (χ4v) is 3.11. The largest absolute Gasteiger partial charge is 0.399 e. The molecule has 1 amide bonds. The average Bonchev–Trinajstić information content (AvgIpc) is 3.07. The van der Waals surface area contributed by atoms with Gasteiger partial charge in [0.25, 0.3) is 5.91 Å². The molecule has 4 rings (SSSR count). The number of amides is 1. The number of fused-ring (bicyclic) bond motifs is 1. The van der Waals surface area contributed by atoms with Crippen molar-refractivity contribution < 1.29 is 9.53 Å². The van der Waals surface area contributed by atoms with E-state index in [4.69, 9.17) is 10.5 Å². The number of rotatable bonds is 4. The van der Waals surface area contributed by atoms with Crippen molar-refractivity contribution >= 4 is 28.2 Å². The van der Waals surface area contributed by atoms with Gasteiger partial charge >= 0.3 is 0 Å². The molecule has 1 saturated heterocycles. The summed E-state index contributed by atoms with van der Waals surface area (Å²) in [7, 11) is 0. The van der Waals surface area contributed by atoms with E-state index in [0.29, 0.717) is 16.8 Å². The Hall–Kier alpha value is -2.90. The van der Waals surface area contributed by atoms with Crippen molar-refractivity contribution in [1.82, 2.24) is 15.1 Å². The predicted molar refractivity (Wildman–Crippen MR) is 101 cm³/mol. The second kappa shape index (κ2) is 7.15. The summed E-state index contributed by atoms with van der Waals surface area (Å²) >= 11 is 0. The van der Waals surface area contributed by atoms with Crippen LogP contribution in [0.2, 0.25) is 0 Å². The minimum Gasteiger partial charge on any atom is -0.399 e. The van der Waals surface area contributed by atoms with E-state index in [-0.39, 0.29) is 5.91 Å². The van der Waals surface area contributed by atoms with Crippen LogP contribution in [0, 0.1) is 0 Å². The number of nitrogens with zero attached hydrogens (tertiary/aromatic N) is 2. The van der Waals surface area contributed by atoms with Crippen LogP contribution < -0.4 is 11.1 Å². The third kappa shape index (κ3) is 3.54. The van der Waals surface area contributed by atoms with Crippen molar-refractivity contribution in [1.29, 1.82) is 0 Å².